The Kier molecular flexibility index (Phi) is 3.94. The molecule has 0 saturated carbocycles. The molecule has 19 heavy (non-hydrogen) atoms. The van der Waals surface area contributed by atoms with Crippen LogP contribution < -0.4 is 5.32 Å². The van der Waals surface area contributed by atoms with Crippen molar-refractivity contribution in [3.8, 4) is 0 Å². The first-order valence-electron chi connectivity index (χ1n) is 6.07. The molecule has 1 aromatic carbocycles. The fourth-order valence-electron chi connectivity index (χ4n) is 1.94. The van der Waals surface area contributed by atoms with Crippen LogP contribution in [0.2, 0.25) is 0 Å². The Morgan fingerprint density at radius 2 is 2.11 bits per heavy atom. The highest BCUT2D eigenvalue weighted by atomic mass is 19.1. The molecule has 0 fully saturated rings. The molecule has 1 unspecified atom stereocenters. The monoisotopic (exact) mass is 261 g/mol. The van der Waals surface area contributed by atoms with E-state index in [0.29, 0.717) is 0 Å². The summed E-state index contributed by atoms with van der Waals surface area (Å²) in [4.78, 5) is 16.1. The molecule has 2 rings (SSSR count). The van der Waals surface area contributed by atoms with Crippen LogP contribution in [0.1, 0.15) is 24.4 Å². The Balaban J connectivity index is 1.94. The highest BCUT2D eigenvalue weighted by molar-refractivity contribution is 5.78. The summed E-state index contributed by atoms with van der Waals surface area (Å²) in [5, 5.41) is 2.87. The van der Waals surface area contributed by atoms with Gasteiger partial charge in [0.25, 0.3) is 0 Å². The zero-order chi connectivity index (χ0) is 13.8. The lowest BCUT2D eigenvalue weighted by molar-refractivity contribution is -0.121. The van der Waals surface area contributed by atoms with Gasteiger partial charge in [-0.25, -0.2) is 9.37 Å². The molecule has 1 aromatic heterocycles. The number of benzene rings is 1. The number of aryl methyl sites for hydroxylation is 1. The number of carbonyl (C=O) groups excluding carboxylic acids is 1. The molecule has 2 aromatic rings. The van der Waals surface area contributed by atoms with E-state index in [2.05, 4.69) is 10.3 Å². The molecule has 0 bridgehead atoms. The summed E-state index contributed by atoms with van der Waals surface area (Å²) in [6, 6.07) is 5.77. The Morgan fingerprint density at radius 3 is 2.68 bits per heavy atom. The van der Waals surface area contributed by atoms with Crippen LogP contribution in [0.3, 0.4) is 0 Å². The van der Waals surface area contributed by atoms with Crippen molar-refractivity contribution in [3.63, 3.8) is 0 Å². The van der Waals surface area contributed by atoms with Gasteiger partial charge in [-0.2, -0.15) is 0 Å². The van der Waals surface area contributed by atoms with Crippen molar-refractivity contribution in [3.05, 3.63) is 53.9 Å². The van der Waals surface area contributed by atoms with Crippen molar-refractivity contribution < 1.29 is 9.18 Å². The van der Waals surface area contributed by atoms with Crippen LogP contribution >= 0.6 is 0 Å². The van der Waals surface area contributed by atoms with Crippen molar-refractivity contribution in [2.24, 2.45) is 7.05 Å². The Labute approximate surface area is 111 Å². The number of amides is 1. The molecular weight excluding hydrogens is 245 g/mol. The first-order valence-corrected chi connectivity index (χ1v) is 6.07. The number of nitrogens with one attached hydrogen (secondary N) is 1. The molecule has 1 amide bonds. The summed E-state index contributed by atoms with van der Waals surface area (Å²) in [6.45, 7) is 1.88. The van der Waals surface area contributed by atoms with Crippen molar-refractivity contribution in [2.45, 2.75) is 19.4 Å². The van der Waals surface area contributed by atoms with Crippen LogP contribution in [-0.2, 0) is 18.3 Å². The lowest BCUT2D eigenvalue weighted by atomic mass is 10.1. The van der Waals surface area contributed by atoms with Crippen LogP contribution in [-0.4, -0.2) is 15.5 Å². The van der Waals surface area contributed by atoms with E-state index in [1.54, 1.807) is 18.3 Å². The maximum Gasteiger partial charge on any atom is 0.224 e. The molecular formula is C14H16FN3O. The van der Waals surface area contributed by atoms with Crippen LogP contribution in [0.4, 0.5) is 4.39 Å². The molecule has 100 valence electrons. The summed E-state index contributed by atoms with van der Waals surface area (Å²) in [5.74, 6) is 0.389. The van der Waals surface area contributed by atoms with Crippen molar-refractivity contribution in [1.29, 1.82) is 0 Å². The zero-order valence-corrected chi connectivity index (χ0v) is 10.9. The van der Waals surface area contributed by atoms with Gasteiger partial charge in [-0.05, 0) is 24.6 Å². The maximum atomic E-state index is 12.8. The predicted molar refractivity (Wildman–Crippen MR) is 69.9 cm³/mol. The summed E-state index contributed by atoms with van der Waals surface area (Å²) in [7, 11) is 1.88. The van der Waals surface area contributed by atoms with E-state index in [9.17, 15) is 9.18 Å². The van der Waals surface area contributed by atoms with Gasteiger partial charge in [0.2, 0.25) is 5.91 Å². The van der Waals surface area contributed by atoms with Crippen LogP contribution in [0.5, 0.6) is 0 Å². The molecule has 0 aliphatic heterocycles. The largest absolute Gasteiger partial charge is 0.346 e. The summed E-state index contributed by atoms with van der Waals surface area (Å²) < 4.78 is 14.6. The number of carbonyl (C=O) groups is 1. The summed E-state index contributed by atoms with van der Waals surface area (Å²) in [6.07, 6.45) is 3.75. The quantitative estimate of drug-likeness (QED) is 0.914. The second-order valence-corrected chi connectivity index (χ2v) is 4.49. The van der Waals surface area contributed by atoms with Crippen molar-refractivity contribution in [1.82, 2.24) is 14.9 Å². The van der Waals surface area contributed by atoms with Gasteiger partial charge in [0.15, 0.2) is 0 Å². The van der Waals surface area contributed by atoms with Crippen LogP contribution in [0.15, 0.2) is 36.7 Å². The van der Waals surface area contributed by atoms with Crippen LogP contribution in [0.25, 0.3) is 0 Å². The smallest absolute Gasteiger partial charge is 0.224 e. The average molecular weight is 261 g/mol. The second kappa shape index (κ2) is 5.65. The Morgan fingerprint density at radius 1 is 1.42 bits per heavy atom. The normalized spacial score (nSPS) is 12.2. The van der Waals surface area contributed by atoms with E-state index in [1.165, 1.54) is 12.1 Å². The molecule has 0 saturated heterocycles. The lowest BCUT2D eigenvalue weighted by Crippen LogP contribution is -2.29. The van der Waals surface area contributed by atoms with E-state index in [1.807, 2.05) is 24.7 Å². The molecule has 5 heteroatoms. The number of hydrogen-bond donors (Lipinski definition) is 1. The second-order valence-electron chi connectivity index (χ2n) is 4.49. The van der Waals surface area contributed by atoms with E-state index in [0.717, 1.165) is 11.4 Å². The van der Waals surface area contributed by atoms with Gasteiger partial charge in [0, 0.05) is 19.4 Å². The van der Waals surface area contributed by atoms with Gasteiger partial charge in [-0.1, -0.05) is 12.1 Å². The molecule has 0 aliphatic rings. The molecule has 0 aliphatic carbocycles. The van der Waals surface area contributed by atoms with E-state index in [4.69, 9.17) is 0 Å². The van der Waals surface area contributed by atoms with Gasteiger partial charge >= 0.3 is 0 Å². The van der Waals surface area contributed by atoms with Gasteiger partial charge in [-0.3, -0.25) is 4.79 Å². The third-order valence-corrected chi connectivity index (χ3v) is 2.90. The predicted octanol–water partition coefficient (Wildman–Crippen LogP) is 1.98. The van der Waals surface area contributed by atoms with Gasteiger partial charge in [-0.15, -0.1) is 0 Å². The van der Waals surface area contributed by atoms with Gasteiger partial charge in [0.1, 0.15) is 11.6 Å². The minimum absolute atomic E-state index is 0.109. The molecule has 4 nitrogen and oxygen atoms in total. The Hall–Kier alpha value is -2.17. The van der Waals surface area contributed by atoms with Gasteiger partial charge in [0.05, 0.1) is 12.5 Å². The summed E-state index contributed by atoms with van der Waals surface area (Å²) >= 11 is 0. The topological polar surface area (TPSA) is 46.9 Å². The maximum absolute atomic E-state index is 12.8. The fraction of sp³-hybridized carbons (Fsp3) is 0.286. The fourth-order valence-corrected chi connectivity index (χ4v) is 1.94. The zero-order valence-electron chi connectivity index (χ0n) is 10.9. The molecule has 0 radical (unpaired) electrons. The van der Waals surface area contributed by atoms with Crippen LogP contribution in [0, 0.1) is 5.82 Å². The number of aromatic nitrogens is 2. The third kappa shape index (κ3) is 3.40. The highest BCUT2D eigenvalue weighted by Crippen LogP contribution is 2.09. The SMILES string of the molecule is CC(NC(=O)Cc1ccc(F)cc1)c1nccn1C. The first-order chi connectivity index (χ1) is 9.06. The van der Waals surface area contributed by atoms with E-state index in [-0.39, 0.29) is 24.2 Å². The van der Waals surface area contributed by atoms with Gasteiger partial charge < -0.3 is 9.88 Å². The minimum Gasteiger partial charge on any atom is -0.346 e. The Bertz CT molecular complexity index is 562. The number of rotatable bonds is 4. The number of nitrogens with zero attached hydrogens (tertiary/aromatic N) is 2. The van der Waals surface area contributed by atoms with Crippen molar-refractivity contribution in [2.75, 3.05) is 0 Å². The molecule has 1 atom stereocenters. The highest BCUT2D eigenvalue weighted by Gasteiger charge is 2.13. The minimum atomic E-state index is -0.300. The lowest BCUT2D eigenvalue weighted by Gasteiger charge is -2.13. The molecule has 1 heterocycles. The number of halogens is 1. The molecule has 0 spiro atoms. The first kappa shape index (κ1) is 13.3. The molecule has 1 N–H and O–H groups in total. The standard InChI is InChI=1S/C14H16FN3O/c1-10(14-16-7-8-18(14)2)17-13(19)9-11-3-5-12(15)6-4-11/h3-8,10H,9H2,1-2H3,(H,17,19). The number of hydrogen-bond acceptors (Lipinski definition) is 2. The summed E-state index contributed by atoms with van der Waals surface area (Å²) in [5.41, 5.74) is 0.783. The van der Waals surface area contributed by atoms with E-state index >= 15 is 0 Å². The van der Waals surface area contributed by atoms with Crippen molar-refractivity contribution >= 4 is 5.91 Å². The number of imidazole rings is 1. The average Bonchev–Trinajstić information content (AvgIpc) is 2.78. The third-order valence-electron chi connectivity index (χ3n) is 2.90. The van der Waals surface area contributed by atoms with E-state index < -0.39 is 0 Å².